The van der Waals surface area contributed by atoms with Crippen molar-refractivity contribution < 1.29 is 8.42 Å². The molecule has 2 N–H and O–H groups in total. The van der Waals surface area contributed by atoms with Crippen molar-refractivity contribution in [3.63, 3.8) is 0 Å². The number of nitrogens with zero attached hydrogens (tertiary/aromatic N) is 3. The topological polar surface area (TPSA) is 77.0 Å². The maximum Gasteiger partial charge on any atom is 0.208 e. The van der Waals surface area contributed by atoms with E-state index in [1.807, 2.05) is 0 Å². The number of hydrogen-bond acceptors (Lipinski definition) is 4. The first kappa shape index (κ1) is 19.7. The van der Waals surface area contributed by atoms with Crippen molar-refractivity contribution in [3.8, 4) is 0 Å². The fourth-order valence-corrected chi connectivity index (χ4v) is 3.40. The molecule has 1 saturated heterocycles. The van der Waals surface area contributed by atoms with Gasteiger partial charge in [0.2, 0.25) is 10.0 Å². The van der Waals surface area contributed by atoms with E-state index in [9.17, 15) is 8.42 Å². The van der Waals surface area contributed by atoms with Crippen LogP contribution in [-0.4, -0.2) is 76.7 Å². The maximum atomic E-state index is 11.1. The van der Waals surface area contributed by atoms with E-state index >= 15 is 0 Å². The van der Waals surface area contributed by atoms with Gasteiger partial charge in [-0.15, -0.1) is 0 Å². The fourth-order valence-electron chi connectivity index (χ4n) is 2.93. The van der Waals surface area contributed by atoms with Gasteiger partial charge in [-0.2, -0.15) is 0 Å². The van der Waals surface area contributed by atoms with Crippen LogP contribution >= 0.6 is 0 Å². The first-order chi connectivity index (χ1) is 11.9. The van der Waals surface area contributed by atoms with Gasteiger partial charge in [0.15, 0.2) is 5.96 Å². The van der Waals surface area contributed by atoms with Gasteiger partial charge in [0.05, 0.1) is 6.26 Å². The fraction of sp³-hybridized carbons (Fsp3) is 0.588. The maximum absolute atomic E-state index is 11.1. The van der Waals surface area contributed by atoms with Crippen LogP contribution in [-0.2, 0) is 16.6 Å². The molecule has 1 aliphatic heterocycles. The molecule has 140 valence electrons. The summed E-state index contributed by atoms with van der Waals surface area (Å²) in [6.45, 7) is 7.74. The van der Waals surface area contributed by atoms with Crippen LogP contribution in [0.15, 0.2) is 29.3 Å². The van der Waals surface area contributed by atoms with Crippen LogP contribution in [0.1, 0.15) is 11.1 Å². The molecule has 0 spiro atoms. The summed E-state index contributed by atoms with van der Waals surface area (Å²) >= 11 is 0. The number of piperazine rings is 1. The molecule has 0 radical (unpaired) electrons. The molecule has 1 fully saturated rings. The molecular formula is C17H29N5O2S. The van der Waals surface area contributed by atoms with E-state index in [4.69, 9.17) is 0 Å². The van der Waals surface area contributed by atoms with Crippen LogP contribution in [0.3, 0.4) is 0 Å². The number of hydrogen-bond donors (Lipinski definition) is 2. The Labute approximate surface area is 151 Å². The molecule has 1 aromatic rings. The van der Waals surface area contributed by atoms with Crippen molar-refractivity contribution in [2.75, 3.05) is 52.6 Å². The molecular weight excluding hydrogens is 338 g/mol. The number of sulfonamides is 1. The van der Waals surface area contributed by atoms with Crippen LogP contribution in [0.4, 0.5) is 0 Å². The lowest BCUT2D eigenvalue weighted by Gasteiger charge is -2.36. The highest BCUT2D eigenvalue weighted by atomic mass is 32.2. The van der Waals surface area contributed by atoms with E-state index in [1.54, 1.807) is 7.05 Å². The Bertz CT molecular complexity index is 682. The van der Waals surface area contributed by atoms with Crippen molar-refractivity contribution in [1.82, 2.24) is 19.8 Å². The van der Waals surface area contributed by atoms with E-state index in [2.05, 4.69) is 56.0 Å². The zero-order chi connectivity index (χ0) is 18.3. The summed E-state index contributed by atoms with van der Waals surface area (Å²) in [6, 6.07) is 8.64. The van der Waals surface area contributed by atoms with E-state index in [1.165, 1.54) is 11.1 Å². The number of guanidine groups is 1. The minimum absolute atomic E-state index is 0.352. The molecule has 2 rings (SSSR count). The van der Waals surface area contributed by atoms with Crippen molar-refractivity contribution in [1.29, 1.82) is 0 Å². The third-order valence-corrected chi connectivity index (χ3v) is 4.87. The second-order valence-corrected chi connectivity index (χ2v) is 8.23. The molecule has 0 aliphatic carbocycles. The number of aliphatic imine (C=N–C) groups is 1. The first-order valence-electron chi connectivity index (χ1n) is 8.55. The molecule has 0 aromatic heterocycles. The van der Waals surface area contributed by atoms with E-state index in [-0.39, 0.29) is 0 Å². The van der Waals surface area contributed by atoms with Gasteiger partial charge in [-0.25, -0.2) is 13.1 Å². The molecule has 0 amide bonds. The van der Waals surface area contributed by atoms with Crippen LogP contribution < -0.4 is 10.0 Å². The smallest absolute Gasteiger partial charge is 0.208 e. The molecule has 25 heavy (non-hydrogen) atoms. The Hall–Kier alpha value is -1.64. The SMILES string of the molecule is CN=C(NCCNS(C)(=O)=O)N1CCN(Cc2cccc(C)c2)CC1. The Kier molecular flexibility index (Phi) is 7.22. The average molecular weight is 368 g/mol. The van der Waals surface area contributed by atoms with Gasteiger partial charge in [0.25, 0.3) is 0 Å². The monoisotopic (exact) mass is 367 g/mol. The summed E-state index contributed by atoms with van der Waals surface area (Å²) in [5.41, 5.74) is 2.64. The van der Waals surface area contributed by atoms with Gasteiger partial charge in [0.1, 0.15) is 0 Å². The molecule has 0 saturated carbocycles. The van der Waals surface area contributed by atoms with Crippen LogP contribution in [0.5, 0.6) is 0 Å². The number of nitrogens with one attached hydrogen (secondary N) is 2. The van der Waals surface area contributed by atoms with Gasteiger partial charge in [-0.3, -0.25) is 9.89 Å². The second kappa shape index (κ2) is 9.17. The Morgan fingerprint density at radius 1 is 1.20 bits per heavy atom. The Morgan fingerprint density at radius 3 is 2.52 bits per heavy atom. The third kappa shape index (κ3) is 7.01. The van der Waals surface area contributed by atoms with Crippen molar-refractivity contribution in [3.05, 3.63) is 35.4 Å². The third-order valence-electron chi connectivity index (χ3n) is 4.14. The largest absolute Gasteiger partial charge is 0.355 e. The predicted molar refractivity (Wildman–Crippen MR) is 102 cm³/mol. The normalized spacial score (nSPS) is 16.9. The average Bonchev–Trinajstić information content (AvgIpc) is 2.55. The molecule has 8 heteroatoms. The number of benzene rings is 1. The summed E-state index contributed by atoms with van der Waals surface area (Å²) in [5.74, 6) is 0.825. The minimum atomic E-state index is -3.14. The number of rotatable bonds is 6. The Balaban J connectivity index is 1.75. The van der Waals surface area contributed by atoms with Gasteiger partial charge < -0.3 is 10.2 Å². The lowest BCUT2D eigenvalue weighted by atomic mass is 10.1. The zero-order valence-electron chi connectivity index (χ0n) is 15.3. The molecule has 0 atom stereocenters. The van der Waals surface area contributed by atoms with E-state index in [0.717, 1.165) is 44.9 Å². The second-order valence-electron chi connectivity index (χ2n) is 6.39. The molecule has 1 aromatic carbocycles. The summed E-state index contributed by atoms with van der Waals surface area (Å²) in [7, 11) is -1.39. The quantitative estimate of drug-likeness (QED) is 0.428. The molecule has 1 aliphatic rings. The molecule has 0 unspecified atom stereocenters. The van der Waals surface area contributed by atoms with Crippen LogP contribution in [0, 0.1) is 6.92 Å². The highest BCUT2D eigenvalue weighted by Crippen LogP contribution is 2.10. The number of aryl methyl sites for hydroxylation is 1. The lowest BCUT2D eigenvalue weighted by Crippen LogP contribution is -2.52. The van der Waals surface area contributed by atoms with Crippen LogP contribution in [0.25, 0.3) is 0 Å². The highest BCUT2D eigenvalue weighted by Gasteiger charge is 2.19. The van der Waals surface area contributed by atoms with Crippen molar-refractivity contribution in [2.24, 2.45) is 4.99 Å². The summed E-state index contributed by atoms with van der Waals surface area (Å²) < 4.78 is 24.6. The highest BCUT2D eigenvalue weighted by molar-refractivity contribution is 7.88. The summed E-state index contributed by atoms with van der Waals surface area (Å²) in [4.78, 5) is 8.97. The van der Waals surface area contributed by atoms with E-state index < -0.39 is 10.0 Å². The zero-order valence-corrected chi connectivity index (χ0v) is 16.1. The first-order valence-corrected chi connectivity index (χ1v) is 10.4. The summed E-state index contributed by atoms with van der Waals surface area (Å²) in [5, 5.41) is 3.21. The van der Waals surface area contributed by atoms with Gasteiger partial charge in [-0.05, 0) is 12.5 Å². The summed E-state index contributed by atoms with van der Waals surface area (Å²) in [6.07, 6.45) is 1.16. The minimum Gasteiger partial charge on any atom is -0.355 e. The van der Waals surface area contributed by atoms with Gasteiger partial charge >= 0.3 is 0 Å². The molecule has 1 heterocycles. The lowest BCUT2D eigenvalue weighted by molar-refractivity contribution is 0.172. The van der Waals surface area contributed by atoms with Gasteiger partial charge in [0, 0.05) is 52.9 Å². The predicted octanol–water partition coefficient (Wildman–Crippen LogP) is 0.237. The molecule has 7 nitrogen and oxygen atoms in total. The Morgan fingerprint density at radius 2 is 1.92 bits per heavy atom. The van der Waals surface area contributed by atoms with Crippen LogP contribution in [0.2, 0.25) is 0 Å². The van der Waals surface area contributed by atoms with Crippen molar-refractivity contribution in [2.45, 2.75) is 13.5 Å². The molecule has 0 bridgehead atoms. The standard InChI is InChI=1S/C17H29N5O2S/c1-15-5-4-6-16(13-15)14-21-9-11-22(12-10-21)17(18-2)19-7-8-20-25(3,23)24/h4-6,13,20H,7-12,14H2,1-3H3,(H,18,19). The van der Waals surface area contributed by atoms with E-state index in [0.29, 0.717) is 13.1 Å². The van der Waals surface area contributed by atoms with Crippen molar-refractivity contribution >= 4 is 16.0 Å². The van der Waals surface area contributed by atoms with Gasteiger partial charge in [-0.1, -0.05) is 29.8 Å².